The van der Waals surface area contributed by atoms with E-state index >= 15 is 0 Å². The molecule has 3 nitrogen and oxygen atoms in total. The Kier molecular flexibility index (Phi) is 5.23. The third-order valence-electron chi connectivity index (χ3n) is 3.96. The van der Waals surface area contributed by atoms with Gasteiger partial charge >= 0.3 is 0 Å². The van der Waals surface area contributed by atoms with Gasteiger partial charge in [-0.3, -0.25) is 4.79 Å². The monoisotopic (exact) mass is 326 g/mol. The predicted octanol–water partition coefficient (Wildman–Crippen LogP) is 4.40. The Morgan fingerprint density at radius 1 is 0.800 bits per heavy atom. The molecule has 0 radical (unpaired) electrons. The van der Waals surface area contributed by atoms with Crippen LogP contribution < -0.4 is 0 Å². The number of hydrogen-bond acceptors (Lipinski definition) is 2. The zero-order chi connectivity index (χ0) is 17.5. The lowest BCUT2D eigenvalue weighted by atomic mass is 10.1. The van der Waals surface area contributed by atoms with Gasteiger partial charge in [0, 0.05) is 18.7 Å². The minimum Gasteiger partial charge on any atom is -0.330 e. The molecule has 0 aromatic heterocycles. The molecular formula is C22H18N2O. The quantitative estimate of drug-likeness (QED) is 0.697. The fourth-order valence-electron chi connectivity index (χ4n) is 2.71. The Balaban J connectivity index is 1.89. The Morgan fingerprint density at radius 2 is 1.36 bits per heavy atom. The summed E-state index contributed by atoms with van der Waals surface area (Å²) in [6.45, 7) is 1.04. The Morgan fingerprint density at radius 3 is 1.88 bits per heavy atom. The summed E-state index contributed by atoms with van der Waals surface area (Å²) in [5.41, 5.74) is 3.17. The van der Waals surface area contributed by atoms with Crippen LogP contribution in [0.2, 0.25) is 0 Å². The van der Waals surface area contributed by atoms with Crippen LogP contribution in [0.15, 0.2) is 84.9 Å². The standard InChI is InChI=1S/C22H18N2O/c23-15-20-12-7-13-21(14-20)22(25)24(16-18-8-3-1-4-9-18)17-19-10-5-2-6-11-19/h1-14H,16-17H2. The van der Waals surface area contributed by atoms with Gasteiger partial charge in [-0.2, -0.15) is 5.26 Å². The van der Waals surface area contributed by atoms with Crippen molar-refractivity contribution in [3.8, 4) is 6.07 Å². The van der Waals surface area contributed by atoms with Crippen molar-refractivity contribution in [2.75, 3.05) is 0 Å². The maximum absolute atomic E-state index is 13.0. The van der Waals surface area contributed by atoms with E-state index in [-0.39, 0.29) is 5.91 Å². The minimum atomic E-state index is -0.0789. The van der Waals surface area contributed by atoms with E-state index < -0.39 is 0 Å². The molecule has 0 N–H and O–H groups in total. The molecule has 0 saturated carbocycles. The fourth-order valence-corrected chi connectivity index (χ4v) is 2.71. The number of rotatable bonds is 5. The van der Waals surface area contributed by atoms with Crippen LogP contribution in [0.25, 0.3) is 0 Å². The average molecular weight is 326 g/mol. The highest BCUT2D eigenvalue weighted by Gasteiger charge is 2.17. The van der Waals surface area contributed by atoms with E-state index in [0.717, 1.165) is 11.1 Å². The number of carbonyl (C=O) groups excluding carboxylic acids is 1. The molecule has 0 atom stereocenters. The summed E-state index contributed by atoms with van der Waals surface area (Å²) < 4.78 is 0. The average Bonchev–Trinajstić information content (AvgIpc) is 2.68. The molecule has 0 saturated heterocycles. The van der Waals surface area contributed by atoms with E-state index in [2.05, 4.69) is 6.07 Å². The number of hydrogen-bond donors (Lipinski definition) is 0. The maximum atomic E-state index is 13.0. The Hall–Kier alpha value is -3.38. The highest BCUT2D eigenvalue weighted by atomic mass is 16.2. The van der Waals surface area contributed by atoms with Crippen molar-refractivity contribution < 1.29 is 4.79 Å². The first kappa shape index (κ1) is 16.5. The SMILES string of the molecule is N#Cc1cccc(C(=O)N(Cc2ccccc2)Cc2ccccc2)c1. The smallest absolute Gasteiger partial charge is 0.254 e. The van der Waals surface area contributed by atoms with Crippen molar-refractivity contribution >= 4 is 5.91 Å². The van der Waals surface area contributed by atoms with Crippen molar-refractivity contribution in [2.45, 2.75) is 13.1 Å². The van der Waals surface area contributed by atoms with Gasteiger partial charge in [-0.25, -0.2) is 0 Å². The van der Waals surface area contributed by atoms with Crippen LogP contribution in [-0.4, -0.2) is 10.8 Å². The van der Waals surface area contributed by atoms with E-state index in [0.29, 0.717) is 24.2 Å². The molecule has 0 aliphatic heterocycles. The molecule has 3 aromatic carbocycles. The molecule has 1 amide bonds. The van der Waals surface area contributed by atoms with Crippen LogP contribution in [-0.2, 0) is 13.1 Å². The van der Waals surface area contributed by atoms with Gasteiger partial charge in [-0.05, 0) is 29.3 Å². The van der Waals surface area contributed by atoms with Crippen LogP contribution in [0.3, 0.4) is 0 Å². The van der Waals surface area contributed by atoms with Gasteiger partial charge in [0.2, 0.25) is 0 Å². The van der Waals surface area contributed by atoms with Gasteiger partial charge in [-0.1, -0.05) is 66.7 Å². The summed E-state index contributed by atoms with van der Waals surface area (Å²) in [5, 5.41) is 9.08. The van der Waals surface area contributed by atoms with E-state index in [1.165, 1.54) is 0 Å². The van der Waals surface area contributed by atoms with Crippen molar-refractivity contribution in [3.05, 3.63) is 107 Å². The minimum absolute atomic E-state index is 0.0789. The molecule has 0 fully saturated rings. The largest absolute Gasteiger partial charge is 0.330 e. The van der Waals surface area contributed by atoms with Crippen molar-refractivity contribution in [1.29, 1.82) is 5.26 Å². The van der Waals surface area contributed by atoms with Crippen LogP contribution in [0.1, 0.15) is 27.0 Å². The third-order valence-corrected chi connectivity index (χ3v) is 3.96. The van der Waals surface area contributed by atoms with Gasteiger partial charge in [0.05, 0.1) is 11.6 Å². The van der Waals surface area contributed by atoms with Crippen molar-refractivity contribution in [3.63, 3.8) is 0 Å². The molecule has 0 unspecified atom stereocenters. The normalized spacial score (nSPS) is 10.0. The van der Waals surface area contributed by atoms with Crippen LogP contribution >= 0.6 is 0 Å². The second-order valence-corrected chi connectivity index (χ2v) is 5.83. The van der Waals surface area contributed by atoms with Gasteiger partial charge in [0.15, 0.2) is 0 Å². The van der Waals surface area contributed by atoms with E-state index in [1.807, 2.05) is 60.7 Å². The molecule has 0 aliphatic carbocycles. The molecular weight excluding hydrogens is 308 g/mol. The maximum Gasteiger partial charge on any atom is 0.254 e. The highest BCUT2D eigenvalue weighted by molar-refractivity contribution is 5.94. The summed E-state index contributed by atoms with van der Waals surface area (Å²) in [5.74, 6) is -0.0789. The zero-order valence-electron chi connectivity index (χ0n) is 13.8. The zero-order valence-corrected chi connectivity index (χ0v) is 13.8. The van der Waals surface area contributed by atoms with Crippen LogP contribution in [0.4, 0.5) is 0 Å². The highest BCUT2D eigenvalue weighted by Crippen LogP contribution is 2.15. The molecule has 122 valence electrons. The summed E-state index contributed by atoms with van der Waals surface area (Å²) in [6, 6.07) is 28.8. The van der Waals surface area contributed by atoms with Crippen LogP contribution in [0.5, 0.6) is 0 Å². The number of amides is 1. The van der Waals surface area contributed by atoms with Gasteiger partial charge in [0.25, 0.3) is 5.91 Å². The summed E-state index contributed by atoms with van der Waals surface area (Å²) in [4.78, 5) is 14.8. The fraction of sp³-hybridized carbons (Fsp3) is 0.0909. The van der Waals surface area contributed by atoms with Crippen molar-refractivity contribution in [1.82, 2.24) is 4.90 Å². The molecule has 0 heterocycles. The first-order valence-corrected chi connectivity index (χ1v) is 8.13. The summed E-state index contributed by atoms with van der Waals surface area (Å²) in [7, 11) is 0. The van der Waals surface area contributed by atoms with Gasteiger partial charge < -0.3 is 4.90 Å². The molecule has 0 aliphatic rings. The topological polar surface area (TPSA) is 44.1 Å². The molecule has 0 bridgehead atoms. The second-order valence-electron chi connectivity index (χ2n) is 5.83. The number of nitriles is 1. The van der Waals surface area contributed by atoms with Crippen LogP contribution in [0, 0.1) is 11.3 Å². The lowest BCUT2D eigenvalue weighted by Gasteiger charge is -2.23. The molecule has 3 rings (SSSR count). The molecule has 3 aromatic rings. The molecule has 25 heavy (non-hydrogen) atoms. The summed E-state index contributed by atoms with van der Waals surface area (Å²) in [6.07, 6.45) is 0. The first-order chi connectivity index (χ1) is 12.3. The third kappa shape index (κ3) is 4.33. The van der Waals surface area contributed by atoms with Gasteiger partial charge in [0.1, 0.15) is 0 Å². The van der Waals surface area contributed by atoms with E-state index in [1.54, 1.807) is 29.2 Å². The molecule has 0 spiro atoms. The second kappa shape index (κ2) is 7.94. The lowest BCUT2D eigenvalue weighted by Crippen LogP contribution is -2.30. The predicted molar refractivity (Wildman–Crippen MR) is 97.6 cm³/mol. The molecule has 3 heteroatoms. The van der Waals surface area contributed by atoms with Crippen molar-refractivity contribution in [2.24, 2.45) is 0 Å². The Labute approximate surface area is 147 Å². The summed E-state index contributed by atoms with van der Waals surface area (Å²) >= 11 is 0. The number of nitrogens with zero attached hydrogens (tertiary/aromatic N) is 2. The lowest BCUT2D eigenvalue weighted by molar-refractivity contribution is 0.0730. The number of benzene rings is 3. The Bertz CT molecular complexity index is 841. The van der Waals surface area contributed by atoms with E-state index in [9.17, 15) is 4.79 Å². The first-order valence-electron chi connectivity index (χ1n) is 8.13. The number of carbonyl (C=O) groups is 1. The van der Waals surface area contributed by atoms with Gasteiger partial charge in [-0.15, -0.1) is 0 Å². The van der Waals surface area contributed by atoms with E-state index in [4.69, 9.17) is 5.26 Å².